The van der Waals surface area contributed by atoms with E-state index >= 15 is 0 Å². The van der Waals surface area contributed by atoms with Crippen LogP contribution in [0.15, 0.2) is 17.0 Å². The molecule has 0 heterocycles. The molecule has 1 rings (SSSR count). The van der Waals surface area contributed by atoms with Crippen LogP contribution in [0, 0.1) is 6.92 Å². The fourth-order valence-corrected chi connectivity index (χ4v) is 2.96. The summed E-state index contributed by atoms with van der Waals surface area (Å²) in [5.41, 5.74) is 6.28. The van der Waals surface area contributed by atoms with Crippen LogP contribution in [0.1, 0.15) is 5.56 Å². The van der Waals surface area contributed by atoms with Gasteiger partial charge in [0.25, 0.3) is 0 Å². The minimum absolute atomic E-state index is 0.0439. The number of nitrogens with two attached hydrogens (primary N) is 1. The molecule has 1 aromatic carbocycles. The highest BCUT2D eigenvalue weighted by atomic mass is 35.5. The maximum absolute atomic E-state index is 12.0. The molecule has 0 aliphatic heterocycles. The van der Waals surface area contributed by atoms with Gasteiger partial charge in [0.2, 0.25) is 10.0 Å². The van der Waals surface area contributed by atoms with E-state index in [9.17, 15) is 8.42 Å². The van der Waals surface area contributed by atoms with E-state index in [1.54, 1.807) is 6.92 Å². The predicted octanol–water partition coefficient (Wildman–Crippen LogP) is -0.138. The molecule has 8 heteroatoms. The fraction of sp³-hybridized carbons (Fsp3) is 0.400. The molecule has 0 aromatic heterocycles. The summed E-state index contributed by atoms with van der Waals surface area (Å²) < 4.78 is 26.1. The molecule has 0 aliphatic rings. The van der Waals surface area contributed by atoms with Crippen LogP contribution in [-0.2, 0) is 10.0 Å². The Kier molecular flexibility index (Phi) is 4.94. The largest absolute Gasteiger partial charge is 0.398 e. The van der Waals surface area contributed by atoms with E-state index in [4.69, 9.17) is 27.5 Å². The highest BCUT2D eigenvalue weighted by Gasteiger charge is 2.19. The first-order valence-corrected chi connectivity index (χ1v) is 6.98. The number of nitrogen functional groups attached to an aromatic ring is 1. The highest BCUT2D eigenvalue weighted by molar-refractivity contribution is 7.89. The zero-order valence-corrected chi connectivity index (χ0v) is 11.3. The van der Waals surface area contributed by atoms with Gasteiger partial charge in [0, 0.05) is 17.3 Å². The zero-order chi connectivity index (χ0) is 13.9. The minimum atomic E-state index is -3.83. The molecule has 102 valence electrons. The molecule has 1 aromatic rings. The maximum Gasteiger partial charge on any atom is 0.241 e. The quantitative estimate of drug-likeness (QED) is 0.565. The van der Waals surface area contributed by atoms with Crippen molar-refractivity contribution in [3.8, 4) is 0 Å². The molecule has 0 fully saturated rings. The van der Waals surface area contributed by atoms with Crippen LogP contribution in [-0.4, -0.2) is 37.9 Å². The summed E-state index contributed by atoms with van der Waals surface area (Å²) in [5.74, 6) is 0. The first kappa shape index (κ1) is 15.2. The molecule has 0 bridgehead atoms. The summed E-state index contributed by atoms with van der Waals surface area (Å²) in [4.78, 5) is -0.0439. The number of hydrogen-bond donors (Lipinski definition) is 4. The molecular formula is C10H15ClN2O4S. The Balaban J connectivity index is 3.05. The van der Waals surface area contributed by atoms with Gasteiger partial charge in [-0.05, 0) is 24.6 Å². The van der Waals surface area contributed by atoms with E-state index in [2.05, 4.69) is 4.72 Å². The number of benzene rings is 1. The van der Waals surface area contributed by atoms with Crippen LogP contribution in [0.5, 0.6) is 0 Å². The zero-order valence-electron chi connectivity index (χ0n) is 9.72. The van der Waals surface area contributed by atoms with E-state index in [0.29, 0.717) is 5.56 Å². The summed E-state index contributed by atoms with van der Waals surface area (Å²) in [6.45, 7) is 0.743. The number of rotatable bonds is 5. The van der Waals surface area contributed by atoms with Crippen molar-refractivity contribution in [1.29, 1.82) is 0 Å². The molecule has 0 amide bonds. The van der Waals surface area contributed by atoms with Crippen LogP contribution in [0.4, 0.5) is 5.69 Å². The van der Waals surface area contributed by atoms with E-state index in [-0.39, 0.29) is 22.2 Å². The van der Waals surface area contributed by atoms with Crippen LogP contribution in [0.3, 0.4) is 0 Å². The van der Waals surface area contributed by atoms with Gasteiger partial charge in [-0.1, -0.05) is 11.6 Å². The SMILES string of the molecule is Cc1c(N)cc(Cl)cc1S(=O)(=O)NCC(O)CO. The average Bonchev–Trinajstić information content (AvgIpc) is 2.30. The lowest BCUT2D eigenvalue weighted by molar-refractivity contribution is 0.0988. The van der Waals surface area contributed by atoms with Crippen LogP contribution < -0.4 is 10.5 Å². The first-order valence-electron chi connectivity index (χ1n) is 5.12. The molecule has 1 atom stereocenters. The lowest BCUT2D eigenvalue weighted by Crippen LogP contribution is -2.34. The van der Waals surface area contributed by atoms with Crippen molar-refractivity contribution in [2.24, 2.45) is 0 Å². The van der Waals surface area contributed by atoms with Gasteiger partial charge in [-0.2, -0.15) is 0 Å². The Hall–Kier alpha value is -0.860. The molecule has 5 N–H and O–H groups in total. The van der Waals surface area contributed by atoms with E-state index in [0.717, 1.165) is 0 Å². The van der Waals surface area contributed by atoms with Gasteiger partial charge in [-0.15, -0.1) is 0 Å². The topological polar surface area (TPSA) is 113 Å². The van der Waals surface area contributed by atoms with E-state index in [1.165, 1.54) is 12.1 Å². The van der Waals surface area contributed by atoms with Crippen molar-refractivity contribution in [3.05, 3.63) is 22.7 Å². The first-order chi connectivity index (χ1) is 8.27. The third-order valence-electron chi connectivity index (χ3n) is 2.37. The van der Waals surface area contributed by atoms with E-state index < -0.39 is 22.7 Å². The Bertz CT molecular complexity index is 533. The van der Waals surface area contributed by atoms with Crippen molar-refractivity contribution in [3.63, 3.8) is 0 Å². The second-order valence-corrected chi connectivity index (χ2v) is 5.98. The van der Waals surface area contributed by atoms with Gasteiger partial charge in [0.15, 0.2) is 0 Å². The summed E-state index contributed by atoms with van der Waals surface area (Å²) in [6, 6.07) is 2.74. The van der Waals surface area contributed by atoms with Gasteiger partial charge in [-0.3, -0.25) is 0 Å². The monoisotopic (exact) mass is 294 g/mol. The summed E-state index contributed by atoms with van der Waals surface area (Å²) in [7, 11) is -3.83. The lowest BCUT2D eigenvalue weighted by Gasteiger charge is -2.13. The summed E-state index contributed by atoms with van der Waals surface area (Å²) >= 11 is 5.76. The van der Waals surface area contributed by atoms with Crippen molar-refractivity contribution in [2.75, 3.05) is 18.9 Å². The van der Waals surface area contributed by atoms with Crippen LogP contribution in [0.25, 0.3) is 0 Å². The number of halogens is 1. The molecule has 0 saturated heterocycles. The van der Waals surface area contributed by atoms with E-state index in [1.807, 2.05) is 0 Å². The third-order valence-corrected chi connectivity index (χ3v) is 4.14. The smallest absolute Gasteiger partial charge is 0.241 e. The highest BCUT2D eigenvalue weighted by Crippen LogP contribution is 2.25. The second-order valence-electron chi connectivity index (χ2n) is 3.81. The number of sulfonamides is 1. The fourth-order valence-electron chi connectivity index (χ4n) is 1.30. The number of hydrogen-bond acceptors (Lipinski definition) is 5. The van der Waals surface area contributed by atoms with Gasteiger partial charge in [0.1, 0.15) is 0 Å². The third kappa shape index (κ3) is 3.56. The number of nitrogens with one attached hydrogen (secondary N) is 1. The number of anilines is 1. The summed E-state index contributed by atoms with van der Waals surface area (Å²) in [6.07, 6.45) is -1.16. The average molecular weight is 295 g/mol. The van der Waals surface area contributed by atoms with Crippen molar-refractivity contribution >= 4 is 27.3 Å². The van der Waals surface area contributed by atoms with Gasteiger partial charge < -0.3 is 15.9 Å². The predicted molar refractivity (Wildman–Crippen MR) is 68.9 cm³/mol. The molecule has 1 unspecified atom stereocenters. The normalized spacial score (nSPS) is 13.6. The van der Waals surface area contributed by atoms with Crippen molar-refractivity contribution < 1.29 is 18.6 Å². The molecule has 0 radical (unpaired) electrons. The molecule has 0 saturated carbocycles. The molecular weight excluding hydrogens is 280 g/mol. The minimum Gasteiger partial charge on any atom is -0.398 e. The molecule has 18 heavy (non-hydrogen) atoms. The van der Waals surface area contributed by atoms with Crippen molar-refractivity contribution in [1.82, 2.24) is 4.72 Å². The number of aliphatic hydroxyl groups is 2. The van der Waals surface area contributed by atoms with Gasteiger partial charge in [0.05, 0.1) is 17.6 Å². The van der Waals surface area contributed by atoms with Crippen LogP contribution >= 0.6 is 11.6 Å². The Morgan fingerprint density at radius 2 is 2.11 bits per heavy atom. The standard InChI is InChI=1S/C10H15ClN2O4S/c1-6-9(12)2-7(11)3-10(6)18(16,17)13-4-8(15)5-14/h2-3,8,13-15H,4-5,12H2,1H3. The summed E-state index contributed by atoms with van der Waals surface area (Å²) in [5, 5.41) is 17.9. The Morgan fingerprint density at radius 1 is 1.50 bits per heavy atom. The van der Waals surface area contributed by atoms with Crippen molar-refractivity contribution in [2.45, 2.75) is 17.9 Å². The van der Waals surface area contributed by atoms with Gasteiger partial charge in [-0.25, -0.2) is 13.1 Å². The molecule has 6 nitrogen and oxygen atoms in total. The molecule has 0 spiro atoms. The Labute approximate surface area is 110 Å². The maximum atomic E-state index is 12.0. The van der Waals surface area contributed by atoms with Gasteiger partial charge >= 0.3 is 0 Å². The second kappa shape index (κ2) is 5.85. The number of aliphatic hydroxyl groups excluding tert-OH is 2. The Morgan fingerprint density at radius 3 is 2.67 bits per heavy atom. The van der Waals surface area contributed by atoms with Crippen LogP contribution in [0.2, 0.25) is 5.02 Å². The molecule has 0 aliphatic carbocycles. The lowest BCUT2D eigenvalue weighted by atomic mass is 10.2.